The molecule has 0 spiro atoms. The SMILES string of the molecule is CCOC1CCN(C(=O)NCc2cccc(COC(C)(C)C)c2)CC1. The van der Waals surface area contributed by atoms with Gasteiger partial charge in [-0.05, 0) is 51.7 Å². The maximum absolute atomic E-state index is 12.3. The van der Waals surface area contributed by atoms with Gasteiger partial charge in [0.1, 0.15) is 0 Å². The van der Waals surface area contributed by atoms with Crippen LogP contribution in [0.2, 0.25) is 0 Å². The Labute approximate surface area is 151 Å². The highest BCUT2D eigenvalue weighted by Gasteiger charge is 2.22. The number of rotatable bonds is 6. The summed E-state index contributed by atoms with van der Waals surface area (Å²) in [7, 11) is 0. The van der Waals surface area contributed by atoms with Gasteiger partial charge in [-0.15, -0.1) is 0 Å². The molecule has 0 unspecified atom stereocenters. The Balaban J connectivity index is 1.78. The minimum atomic E-state index is -0.155. The van der Waals surface area contributed by atoms with E-state index in [0.717, 1.165) is 43.7 Å². The second kappa shape index (κ2) is 9.20. The molecule has 140 valence electrons. The van der Waals surface area contributed by atoms with Crippen molar-refractivity contribution in [2.75, 3.05) is 19.7 Å². The third kappa shape index (κ3) is 7.04. The zero-order valence-electron chi connectivity index (χ0n) is 16.0. The summed E-state index contributed by atoms with van der Waals surface area (Å²) in [6.07, 6.45) is 2.13. The smallest absolute Gasteiger partial charge is 0.317 e. The number of carbonyl (C=O) groups is 1. The lowest BCUT2D eigenvalue weighted by Gasteiger charge is -2.31. The Hall–Kier alpha value is -1.59. The van der Waals surface area contributed by atoms with Gasteiger partial charge in [0, 0.05) is 26.2 Å². The first-order valence-electron chi connectivity index (χ1n) is 9.23. The molecule has 2 rings (SSSR count). The topological polar surface area (TPSA) is 50.8 Å². The van der Waals surface area contributed by atoms with Crippen molar-refractivity contribution in [1.29, 1.82) is 0 Å². The van der Waals surface area contributed by atoms with E-state index in [1.165, 1.54) is 0 Å². The number of hydrogen-bond acceptors (Lipinski definition) is 3. The molecule has 1 N–H and O–H groups in total. The van der Waals surface area contributed by atoms with E-state index in [1.54, 1.807) is 0 Å². The van der Waals surface area contributed by atoms with Crippen LogP contribution in [0.25, 0.3) is 0 Å². The molecule has 5 heteroatoms. The summed E-state index contributed by atoms with van der Waals surface area (Å²) in [5.74, 6) is 0. The molecule has 1 aliphatic rings. The Bertz CT molecular complexity index is 546. The number of amides is 2. The van der Waals surface area contributed by atoms with Crippen molar-refractivity contribution < 1.29 is 14.3 Å². The second-order valence-corrected chi connectivity index (χ2v) is 7.52. The Kier molecular flexibility index (Phi) is 7.26. The van der Waals surface area contributed by atoms with Crippen LogP contribution in [-0.4, -0.2) is 42.3 Å². The Morgan fingerprint density at radius 2 is 1.92 bits per heavy atom. The molecular weight excluding hydrogens is 316 g/mol. The molecule has 0 radical (unpaired) electrons. The molecule has 1 saturated heterocycles. The summed E-state index contributed by atoms with van der Waals surface area (Å²) in [5.41, 5.74) is 2.06. The van der Waals surface area contributed by atoms with E-state index in [9.17, 15) is 4.79 Å². The fourth-order valence-electron chi connectivity index (χ4n) is 2.88. The van der Waals surface area contributed by atoms with Crippen molar-refractivity contribution in [1.82, 2.24) is 10.2 Å². The van der Waals surface area contributed by atoms with Gasteiger partial charge < -0.3 is 19.7 Å². The first kappa shape index (κ1) is 19.7. The number of nitrogens with one attached hydrogen (secondary N) is 1. The lowest BCUT2D eigenvalue weighted by Crippen LogP contribution is -2.45. The van der Waals surface area contributed by atoms with Crippen molar-refractivity contribution in [2.24, 2.45) is 0 Å². The number of hydrogen-bond donors (Lipinski definition) is 1. The lowest BCUT2D eigenvalue weighted by molar-refractivity contribution is -0.0149. The number of carbonyl (C=O) groups excluding carboxylic acids is 1. The molecule has 1 aromatic rings. The van der Waals surface area contributed by atoms with E-state index in [0.29, 0.717) is 19.3 Å². The molecule has 0 saturated carbocycles. The molecule has 1 aliphatic heterocycles. The van der Waals surface area contributed by atoms with Crippen LogP contribution in [0.5, 0.6) is 0 Å². The van der Waals surface area contributed by atoms with E-state index in [1.807, 2.05) is 44.7 Å². The maximum atomic E-state index is 12.3. The molecule has 2 amide bonds. The minimum absolute atomic E-state index is 0.00583. The summed E-state index contributed by atoms with van der Waals surface area (Å²) < 4.78 is 11.4. The fraction of sp³-hybridized carbons (Fsp3) is 0.650. The molecule has 0 bridgehead atoms. The van der Waals surface area contributed by atoms with Crippen LogP contribution in [-0.2, 0) is 22.6 Å². The van der Waals surface area contributed by atoms with Crippen LogP contribution >= 0.6 is 0 Å². The van der Waals surface area contributed by atoms with Gasteiger partial charge in [0.15, 0.2) is 0 Å². The predicted octanol–water partition coefficient (Wildman–Crippen LogP) is 3.71. The van der Waals surface area contributed by atoms with E-state index in [-0.39, 0.29) is 11.6 Å². The van der Waals surface area contributed by atoms with E-state index < -0.39 is 0 Å². The lowest BCUT2D eigenvalue weighted by atomic mass is 10.1. The quantitative estimate of drug-likeness (QED) is 0.852. The van der Waals surface area contributed by atoms with Gasteiger partial charge in [0.05, 0.1) is 18.3 Å². The Morgan fingerprint density at radius 3 is 2.56 bits per heavy atom. The minimum Gasteiger partial charge on any atom is -0.378 e. The zero-order valence-corrected chi connectivity index (χ0v) is 16.0. The average molecular weight is 348 g/mol. The van der Waals surface area contributed by atoms with Crippen LogP contribution in [0.1, 0.15) is 51.7 Å². The second-order valence-electron chi connectivity index (χ2n) is 7.52. The van der Waals surface area contributed by atoms with Gasteiger partial charge in [-0.2, -0.15) is 0 Å². The number of ether oxygens (including phenoxy) is 2. The third-order valence-electron chi connectivity index (χ3n) is 4.24. The predicted molar refractivity (Wildman–Crippen MR) is 99.4 cm³/mol. The maximum Gasteiger partial charge on any atom is 0.317 e. The highest BCUT2D eigenvalue weighted by atomic mass is 16.5. The van der Waals surface area contributed by atoms with Crippen molar-refractivity contribution in [3.8, 4) is 0 Å². The zero-order chi connectivity index (χ0) is 18.3. The van der Waals surface area contributed by atoms with Gasteiger partial charge in [0.25, 0.3) is 0 Å². The van der Waals surface area contributed by atoms with Crippen molar-refractivity contribution >= 4 is 6.03 Å². The number of nitrogens with zero attached hydrogens (tertiary/aromatic N) is 1. The number of likely N-dealkylation sites (tertiary alicyclic amines) is 1. The molecule has 1 fully saturated rings. The van der Waals surface area contributed by atoms with Crippen molar-refractivity contribution in [3.63, 3.8) is 0 Å². The summed E-state index contributed by atoms with van der Waals surface area (Å²) in [4.78, 5) is 14.2. The van der Waals surface area contributed by atoms with Crippen LogP contribution in [0.3, 0.4) is 0 Å². The highest BCUT2D eigenvalue weighted by Crippen LogP contribution is 2.15. The highest BCUT2D eigenvalue weighted by molar-refractivity contribution is 5.74. The normalized spacial score (nSPS) is 16.1. The molecule has 1 heterocycles. The van der Waals surface area contributed by atoms with Gasteiger partial charge in [-0.1, -0.05) is 24.3 Å². The molecule has 1 aromatic carbocycles. The van der Waals surface area contributed by atoms with Crippen LogP contribution in [0.4, 0.5) is 4.79 Å². The van der Waals surface area contributed by atoms with Crippen molar-refractivity contribution in [3.05, 3.63) is 35.4 Å². The standard InChI is InChI=1S/C20H32N2O3/c1-5-24-18-9-11-22(12-10-18)19(23)21-14-16-7-6-8-17(13-16)15-25-20(2,3)4/h6-8,13,18H,5,9-12,14-15H2,1-4H3,(H,21,23). The van der Waals surface area contributed by atoms with E-state index >= 15 is 0 Å². The van der Waals surface area contributed by atoms with Crippen molar-refractivity contribution in [2.45, 2.75) is 65.4 Å². The molecule has 0 atom stereocenters. The van der Waals surface area contributed by atoms with Gasteiger partial charge in [-0.3, -0.25) is 0 Å². The van der Waals surface area contributed by atoms with E-state index in [4.69, 9.17) is 9.47 Å². The van der Waals surface area contributed by atoms with Crippen LogP contribution in [0, 0.1) is 0 Å². The number of urea groups is 1. The summed E-state index contributed by atoms with van der Waals surface area (Å²) >= 11 is 0. The van der Waals surface area contributed by atoms with E-state index in [2.05, 4.69) is 17.4 Å². The number of benzene rings is 1. The molecule has 0 aliphatic carbocycles. The first-order chi connectivity index (χ1) is 11.9. The van der Waals surface area contributed by atoms with Crippen LogP contribution < -0.4 is 5.32 Å². The molecule has 5 nitrogen and oxygen atoms in total. The monoisotopic (exact) mass is 348 g/mol. The Morgan fingerprint density at radius 1 is 1.24 bits per heavy atom. The van der Waals surface area contributed by atoms with Crippen LogP contribution in [0.15, 0.2) is 24.3 Å². The summed E-state index contributed by atoms with van der Waals surface area (Å²) in [5, 5.41) is 3.02. The largest absolute Gasteiger partial charge is 0.378 e. The fourth-order valence-corrected chi connectivity index (χ4v) is 2.88. The van der Waals surface area contributed by atoms with Gasteiger partial charge >= 0.3 is 6.03 Å². The average Bonchev–Trinajstić information content (AvgIpc) is 2.59. The molecule has 0 aromatic heterocycles. The molecular formula is C20H32N2O3. The summed E-state index contributed by atoms with van der Waals surface area (Å²) in [6.45, 7) is 11.5. The number of piperidine rings is 1. The molecule has 25 heavy (non-hydrogen) atoms. The first-order valence-corrected chi connectivity index (χ1v) is 9.23. The summed E-state index contributed by atoms with van der Waals surface area (Å²) in [6, 6.07) is 8.19. The third-order valence-corrected chi connectivity index (χ3v) is 4.24. The van der Waals surface area contributed by atoms with Gasteiger partial charge in [0.2, 0.25) is 0 Å². The van der Waals surface area contributed by atoms with Gasteiger partial charge in [-0.25, -0.2) is 4.79 Å².